The molecule has 0 saturated carbocycles. The highest BCUT2D eigenvalue weighted by Crippen LogP contribution is 2.28. The first-order chi connectivity index (χ1) is 11.6. The van der Waals surface area contributed by atoms with Gasteiger partial charge in [0.05, 0.1) is 5.60 Å². The average Bonchev–Trinajstić information content (AvgIpc) is 2.62. The Bertz CT molecular complexity index is 664. The molecule has 0 amide bonds. The lowest BCUT2D eigenvalue weighted by Crippen LogP contribution is -2.45. The summed E-state index contributed by atoms with van der Waals surface area (Å²) < 4.78 is 13.9. The Morgan fingerprint density at radius 1 is 1.08 bits per heavy atom. The molecule has 1 aliphatic rings. The molecule has 4 heteroatoms. The second kappa shape index (κ2) is 7.43. The molecule has 0 spiro atoms. The van der Waals surface area contributed by atoms with Gasteiger partial charge in [0.25, 0.3) is 0 Å². The van der Waals surface area contributed by atoms with Gasteiger partial charge in [-0.05, 0) is 30.5 Å². The van der Waals surface area contributed by atoms with Crippen LogP contribution in [-0.4, -0.2) is 42.7 Å². The number of hydrogen-bond donors (Lipinski definition) is 2. The van der Waals surface area contributed by atoms with Gasteiger partial charge in [0, 0.05) is 38.3 Å². The third-order valence-electron chi connectivity index (χ3n) is 4.82. The summed E-state index contributed by atoms with van der Waals surface area (Å²) in [5, 5.41) is 14.2. The van der Waals surface area contributed by atoms with Crippen LogP contribution in [0.4, 0.5) is 4.39 Å². The highest BCUT2D eigenvalue weighted by molar-refractivity contribution is 5.64. The lowest BCUT2D eigenvalue weighted by molar-refractivity contribution is 0.0345. The first-order valence-corrected chi connectivity index (χ1v) is 8.57. The van der Waals surface area contributed by atoms with Crippen LogP contribution < -0.4 is 5.32 Å². The number of nitrogens with zero attached hydrogens (tertiary/aromatic N) is 1. The van der Waals surface area contributed by atoms with Crippen molar-refractivity contribution in [1.29, 1.82) is 0 Å². The molecule has 3 rings (SSSR count). The van der Waals surface area contributed by atoms with Crippen molar-refractivity contribution in [3.8, 4) is 11.1 Å². The van der Waals surface area contributed by atoms with Crippen molar-refractivity contribution >= 4 is 0 Å². The van der Waals surface area contributed by atoms with Crippen LogP contribution in [0.15, 0.2) is 48.5 Å². The zero-order valence-corrected chi connectivity index (χ0v) is 14.1. The molecule has 1 atom stereocenters. The number of halogens is 1. The Kier molecular flexibility index (Phi) is 5.29. The van der Waals surface area contributed by atoms with Crippen molar-refractivity contribution in [2.45, 2.75) is 18.9 Å². The van der Waals surface area contributed by atoms with Crippen LogP contribution in [0.3, 0.4) is 0 Å². The lowest BCUT2D eigenvalue weighted by Gasteiger charge is -2.31. The van der Waals surface area contributed by atoms with Crippen LogP contribution in [-0.2, 0) is 5.60 Å². The highest BCUT2D eigenvalue weighted by Gasteiger charge is 2.24. The minimum absolute atomic E-state index is 0.226. The van der Waals surface area contributed by atoms with E-state index in [2.05, 4.69) is 10.2 Å². The molecule has 128 valence electrons. The third-order valence-corrected chi connectivity index (χ3v) is 4.82. The quantitative estimate of drug-likeness (QED) is 0.886. The topological polar surface area (TPSA) is 35.5 Å². The number of rotatable bonds is 5. The number of hydrogen-bond acceptors (Lipinski definition) is 3. The lowest BCUT2D eigenvalue weighted by atomic mass is 9.90. The van der Waals surface area contributed by atoms with Gasteiger partial charge in [-0.15, -0.1) is 0 Å². The summed E-state index contributed by atoms with van der Waals surface area (Å²) in [5.74, 6) is -0.226. The summed E-state index contributed by atoms with van der Waals surface area (Å²) in [5.41, 5.74) is 1.41. The van der Waals surface area contributed by atoms with Crippen LogP contribution in [0.1, 0.15) is 18.9 Å². The second-order valence-electron chi connectivity index (χ2n) is 6.67. The highest BCUT2D eigenvalue weighted by atomic mass is 19.1. The van der Waals surface area contributed by atoms with E-state index in [1.54, 1.807) is 12.1 Å². The number of piperazine rings is 1. The van der Waals surface area contributed by atoms with E-state index >= 15 is 0 Å². The normalized spacial score (nSPS) is 18.3. The molecule has 1 aliphatic heterocycles. The van der Waals surface area contributed by atoms with E-state index < -0.39 is 5.60 Å². The molecule has 0 radical (unpaired) electrons. The van der Waals surface area contributed by atoms with Gasteiger partial charge >= 0.3 is 0 Å². The fourth-order valence-corrected chi connectivity index (χ4v) is 3.16. The summed E-state index contributed by atoms with van der Waals surface area (Å²) in [7, 11) is 0. The molecule has 2 aromatic rings. The Hall–Kier alpha value is -1.75. The monoisotopic (exact) mass is 328 g/mol. The van der Waals surface area contributed by atoms with Gasteiger partial charge in [-0.25, -0.2) is 4.39 Å². The van der Waals surface area contributed by atoms with Crippen molar-refractivity contribution in [1.82, 2.24) is 10.2 Å². The predicted molar refractivity (Wildman–Crippen MR) is 95.3 cm³/mol. The Balaban J connectivity index is 1.68. The van der Waals surface area contributed by atoms with Gasteiger partial charge in [0.15, 0.2) is 0 Å². The standard InChI is InChI=1S/C20H25FN2O/c1-20(24,10-13-23-14-11-22-12-15-23)17-8-6-16(7-9-17)18-4-2-3-5-19(18)21/h2-9,22,24H,10-15H2,1H3. The van der Waals surface area contributed by atoms with E-state index in [1.165, 1.54) is 6.07 Å². The van der Waals surface area contributed by atoms with E-state index in [0.29, 0.717) is 12.0 Å². The van der Waals surface area contributed by atoms with Gasteiger partial charge in [0.1, 0.15) is 5.82 Å². The van der Waals surface area contributed by atoms with Gasteiger partial charge in [-0.1, -0.05) is 42.5 Å². The van der Waals surface area contributed by atoms with E-state index in [4.69, 9.17) is 0 Å². The van der Waals surface area contributed by atoms with Gasteiger partial charge in [-0.3, -0.25) is 0 Å². The zero-order valence-electron chi connectivity index (χ0n) is 14.1. The summed E-state index contributed by atoms with van der Waals surface area (Å²) in [4.78, 5) is 2.37. The number of nitrogens with one attached hydrogen (secondary N) is 1. The maximum Gasteiger partial charge on any atom is 0.131 e. The van der Waals surface area contributed by atoms with Crippen LogP contribution in [0.5, 0.6) is 0 Å². The van der Waals surface area contributed by atoms with E-state index in [0.717, 1.165) is 43.9 Å². The van der Waals surface area contributed by atoms with Gasteiger partial charge < -0.3 is 15.3 Å². The van der Waals surface area contributed by atoms with E-state index in [1.807, 2.05) is 37.3 Å². The Morgan fingerprint density at radius 3 is 2.42 bits per heavy atom. The largest absolute Gasteiger partial charge is 0.385 e. The van der Waals surface area contributed by atoms with Gasteiger partial charge in [0.2, 0.25) is 0 Å². The number of benzene rings is 2. The van der Waals surface area contributed by atoms with Crippen molar-refractivity contribution in [3.05, 3.63) is 59.9 Å². The Labute approximate surface area is 143 Å². The number of aliphatic hydroxyl groups is 1. The first-order valence-electron chi connectivity index (χ1n) is 8.57. The third kappa shape index (κ3) is 4.01. The molecule has 1 fully saturated rings. The first kappa shape index (κ1) is 17.1. The molecule has 2 aromatic carbocycles. The minimum atomic E-state index is -0.876. The second-order valence-corrected chi connectivity index (χ2v) is 6.67. The summed E-state index contributed by atoms with van der Waals surface area (Å²) in [6.45, 7) is 6.82. The molecule has 24 heavy (non-hydrogen) atoms. The van der Waals surface area contributed by atoms with Crippen molar-refractivity contribution < 1.29 is 9.50 Å². The van der Waals surface area contributed by atoms with Crippen LogP contribution >= 0.6 is 0 Å². The molecule has 3 nitrogen and oxygen atoms in total. The summed E-state index contributed by atoms with van der Waals surface area (Å²) >= 11 is 0. The molecule has 0 aliphatic carbocycles. The van der Waals surface area contributed by atoms with Crippen molar-refractivity contribution in [3.63, 3.8) is 0 Å². The zero-order chi connectivity index (χ0) is 17.0. The fraction of sp³-hybridized carbons (Fsp3) is 0.400. The summed E-state index contributed by atoms with van der Waals surface area (Å²) in [6, 6.07) is 14.3. The average molecular weight is 328 g/mol. The predicted octanol–water partition coefficient (Wildman–Crippen LogP) is 3.00. The van der Waals surface area contributed by atoms with Crippen molar-refractivity contribution in [2.75, 3.05) is 32.7 Å². The molecule has 0 bridgehead atoms. The molecule has 1 unspecified atom stereocenters. The molecular formula is C20H25FN2O. The maximum atomic E-state index is 13.9. The summed E-state index contributed by atoms with van der Waals surface area (Å²) in [6.07, 6.45) is 0.687. The van der Waals surface area contributed by atoms with Crippen LogP contribution in [0, 0.1) is 5.82 Å². The minimum Gasteiger partial charge on any atom is -0.385 e. The molecule has 0 aromatic heterocycles. The van der Waals surface area contributed by atoms with Crippen LogP contribution in [0.25, 0.3) is 11.1 Å². The van der Waals surface area contributed by atoms with E-state index in [9.17, 15) is 9.50 Å². The Morgan fingerprint density at radius 2 is 1.75 bits per heavy atom. The molecule has 1 saturated heterocycles. The van der Waals surface area contributed by atoms with E-state index in [-0.39, 0.29) is 5.82 Å². The smallest absolute Gasteiger partial charge is 0.131 e. The maximum absolute atomic E-state index is 13.9. The molecule has 1 heterocycles. The SMILES string of the molecule is CC(O)(CCN1CCNCC1)c1ccc(-c2ccccc2F)cc1. The molecule has 2 N–H and O–H groups in total. The van der Waals surface area contributed by atoms with Crippen LogP contribution in [0.2, 0.25) is 0 Å². The van der Waals surface area contributed by atoms with Gasteiger partial charge in [-0.2, -0.15) is 0 Å². The molecular weight excluding hydrogens is 303 g/mol. The fourth-order valence-electron chi connectivity index (χ4n) is 3.16. The van der Waals surface area contributed by atoms with Crippen molar-refractivity contribution in [2.24, 2.45) is 0 Å².